The van der Waals surface area contributed by atoms with Gasteiger partial charge in [-0.3, -0.25) is 18.1 Å². The predicted octanol–water partition coefficient (Wildman–Crippen LogP) is 8.14. The molecule has 0 fully saturated rings. The fourth-order valence-electron chi connectivity index (χ4n) is 1.91. The van der Waals surface area contributed by atoms with Gasteiger partial charge in [0.05, 0.1) is 7.21 Å². The standard InChI is InChI=1S/C12H16F12N3O4P3/c1-3-4-32(2)25-33(28-5-9(13,14)15,29-6-10(16,17)18)27-34(26-32,30-7-11(19,20)21)31-8-12(22,23)24/h3H,1,4-8H2,2H3. The average molecular weight is 587 g/mol. The van der Waals surface area contributed by atoms with Gasteiger partial charge in [0.25, 0.3) is 0 Å². The molecular weight excluding hydrogens is 571 g/mol. The molecule has 34 heavy (non-hydrogen) atoms. The van der Waals surface area contributed by atoms with Crippen LogP contribution < -0.4 is 0 Å². The van der Waals surface area contributed by atoms with Crippen LogP contribution in [0.25, 0.3) is 0 Å². The Morgan fingerprint density at radius 3 is 1.15 bits per heavy atom. The van der Waals surface area contributed by atoms with E-state index in [0.717, 1.165) is 12.7 Å². The van der Waals surface area contributed by atoms with Crippen LogP contribution in [0.1, 0.15) is 0 Å². The molecule has 202 valence electrons. The summed E-state index contributed by atoms with van der Waals surface area (Å²) in [5.41, 5.74) is 0. The highest BCUT2D eigenvalue weighted by Crippen LogP contribution is 2.79. The minimum Gasteiger partial charge on any atom is -0.297 e. The molecule has 1 aliphatic heterocycles. The first-order valence-corrected chi connectivity index (χ1v) is 13.7. The lowest BCUT2D eigenvalue weighted by Gasteiger charge is -2.33. The van der Waals surface area contributed by atoms with Crippen molar-refractivity contribution >= 4 is 22.5 Å². The van der Waals surface area contributed by atoms with Crippen LogP contribution in [0, 0.1) is 0 Å². The summed E-state index contributed by atoms with van der Waals surface area (Å²) in [5.74, 6) is 0. The highest BCUT2D eigenvalue weighted by atomic mass is 31.3. The molecule has 1 rings (SSSR count). The number of rotatable bonds is 10. The van der Waals surface area contributed by atoms with E-state index in [1.165, 1.54) is 0 Å². The molecule has 7 nitrogen and oxygen atoms in total. The second kappa shape index (κ2) is 10.8. The molecule has 0 aromatic rings. The summed E-state index contributed by atoms with van der Waals surface area (Å²) in [6.45, 7) is -5.19. The summed E-state index contributed by atoms with van der Waals surface area (Å²) in [4.78, 5) is 0. The van der Waals surface area contributed by atoms with Gasteiger partial charge in [-0.15, -0.1) is 11.1 Å². The highest BCUT2D eigenvalue weighted by molar-refractivity contribution is 7.81. The van der Waals surface area contributed by atoms with E-state index in [1.807, 2.05) is 0 Å². The van der Waals surface area contributed by atoms with E-state index in [-0.39, 0.29) is 0 Å². The summed E-state index contributed by atoms with van der Waals surface area (Å²) in [5, 5.41) is 0. The summed E-state index contributed by atoms with van der Waals surface area (Å²) in [6, 6.07) is 0. The van der Waals surface area contributed by atoms with E-state index >= 15 is 0 Å². The molecule has 1 heterocycles. The van der Waals surface area contributed by atoms with E-state index < -0.39 is 79.8 Å². The molecule has 0 saturated carbocycles. The highest BCUT2D eigenvalue weighted by Gasteiger charge is 2.46. The van der Waals surface area contributed by atoms with Crippen LogP contribution in [0.4, 0.5) is 52.7 Å². The zero-order valence-corrected chi connectivity index (χ0v) is 19.4. The van der Waals surface area contributed by atoms with Gasteiger partial charge < -0.3 is 0 Å². The first kappa shape index (κ1) is 31.5. The molecule has 0 radical (unpaired) electrons. The largest absolute Gasteiger partial charge is 0.412 e. The molecule has 0 aromatic heterocycles. The van der Waals surface area contributed by atoms with Crippen LogP contribution in [0.5, 0.6) is 0 Å². The Bertz CT molecular complexity index is 810. The fourth-order valence-corrected chi connectivity index (χ4v) is 12.5. The quantitative estimate of drug-likeness (QED) is 0.147. The van der Waals surface area contributed by atoms with Gasteiger partial charge in [-0.05, 0) is 6.66 Å². The minimum atomic E-state index is -5.24. The first-order valence-electron chi connectivity index (χ1n) is 8.35. The van der Waals surface area contributed by atoms with Gasteiger partial charge in [-0.1, -0.05) is 6.08 Å². The lowest BCUT2D eigenvalue weighted by atomic mass is 10.7. The zero-order valence-electron chi connectivity index (χ0n) is 16.7. The van der Waals surface area contributed by atoms with Gasteiger partial charge in [-0.25, -0.2) is 0 Å². The van der Waals surface area contributed by atoms with Crippen molar-refractivity contribution in [2.24, 2.45) is 13.5 Å². The van der Waals surface area contributed by atoms with E-state index in [1.54, 1.807) is 0 Å². The van der Waals surface area contributed by atoms with Gasteiger partial charge in [0.1, 0.15) is 0 Å². The Morgan fingerprint density at radius 1 is 0.588 bits per heavy atom. The maximum atomic E-state index is 12.7. The van der Waals surface area contributed by atoms with Crippen LogP contribution in [0.15, 0.2) is 26.2 Å². The molecule has 0 bridgehead atoms. The number of alkyl halides is 12. The minimum absolute atomic E-state index is 0.498. The average Bonchev–Trinajstić information content (AvgIpc) is 2.59. The van der Waals surface area contributed by atoms with Gasteiger partial charge in [0.15, 0.2) is 26.4 Å². The van der Waals surface area contributed by atoms with Crippen molar-refractivity contribution in [3.05, 3.63) is 12.7 Å². The second-order valence-electron chi connectivity index (χ2n) is 6.36. The molecule has 0 aromatic carbocycles. The Balaban J connectivity index is 3.82. The van der Waals surface area contributed by atoms with Crippen molar-refractivity contribution in [2.45, 2.75) is 24.7 Å². The predicted molar refractivity (Wildman–Crippen MR) is 97.1 cm³/mol. The molecule has 1 atom stereocenters. The van der Waals surface area contributed by atoms with Crippen molar-refractivity contribution in [3.8, 4) is 0 Å². The Morgan fingerprint density at radius 2 is 0.882 bits per heavy atom. The Labute approximate surface area is 184 Å². The van der Waals surface area contributed by atoms with Gasteiger partial charge in [0, 0.05) is 6.16 Å². The van der Waals surface area contributed by atoms with Crippen molar-refractivity contribution in [1.29, 1.82) is 0 Å². The van der Waals surface area contributed by atoms with E-state index in [9.17, 15) is 52.7 Å². The van der Waals surface area contributed by atoms with Gasteiger partial charge in [-0.2, -0.15) is 61.7 Å². The van der Waals surface area contributed by atoms with Crippen molar-refractivity contribution in [1.82, 2.24) is 0 Å². The Hall–Kier alpha value is -0.570. The van der Waals surface area contributed by atoms with Gasteiger partial charge in [0.2, 0.25) is 0 Å². The van der Waals surface area contributed by atoms with Crippen molar-refractivity contribution < 1.29 is 70.8 Å². The second-order valence-corrected chi connectivity index (χ2v) is 14.0. The number of halogens is 12. The number of nitrogens with zero attached hydrogens (tertiary/aromatic N) is 3. The van der Waals surface area contributed by atoms with Crippen molar-refractivity contribution in [3.63, 3.8) is 0 Å². The molecule has 0 spiro atoms. The summed E-state index contributed by atoms with van der Waals surface area (Å²) in [6.07, 6.45) is -20.4. The number of allylic oxidation sites excluding steroid dienone is 1. The van der Waals surface area contributed by atoms with Crippen LogP contribution >= 0.6 is 22.5 Å². The maximum Gasteiger partial charge on any atom is 0.412 e. The molecular formula is C12H16F12N3O4P3. The Kier molecular flexibility index (Phi) is 10.0. The van der Waals surface area contributed by atoms with Crippen molar-refractivity contribution in [2.75, 3.05) is 39.3 Å². The third-order valence-corrected chi connectivity index (χ3v) is 12.4. The summed E-state index contributed by atoms with van der Waals surface area (Å²) < 4.78 is 181. The van der Waals surface area contributed by atoms with Crippen LogP contribution in [0.3, 0.4) is 0 Å². The molecule has 0 amide bonds. The van der Waals surface area contributed by atoms with E-state index in [4.69, 9.17) is 0 Å². The third-order valence-electron chi connectivity index (χ3n) is 2.90. The van der Waals surface area contributed by atoms with Crippen LogP contribution in [-0.2, 0) is 18.1 Å². The first-order chi connectivity index (χ1) is 15.0. The third kappa shape index (κ3) is 11.9. The molecule has 0 aliphatic carbocycles. The molecule has 22 heteroatoms. The molecule has 1 aliphatic rings. The smallest absolute Gasteiger partial charge is 0.297 e. The zero-order chi connectivity index (χ0) is 26.7. The lowest BCUT2D eigenvalue weighted by molar-refractivity contribution is -0.163. The SMILES string of the molecule is C=CCP1(C)=NP(OCC(F)(F)F)(OCC(F)(F)F)=NP(OCC(F)(F)F)(OCC(F)(F)F)=N1. The molecule has 0 N–H and O–H groups in total. The van der Waals surface area contributed by atoms with Crippen LogP contribution in [-0.4, -0.2) is 64.0 Å². The van der Waals surface area contributed by atoms with E-state index in [0.29, 0.717) is 0 Å². The van der Waals surface area contributed by atoms with Crippen LogP contribution in [0.2, 0.25) is 0 Å². The molecule has 0 saturated heterocycles. The summed E-state index contributed by atoms with van der Waals surface area (Å²) in [7, 11) is -14.2. The molecule has 1 unspecified atom stereocenters. The fraction of sp³-hybridized carbons (Fsp3) is 0.833. The number of hydrogen-bond acceptors (Lipinski definition) is 7. The van der Waals surface area contributed by atoms with E-state index in [2.05, 4.69) is 38.2 Å². The lowest BCUT2D eigenvalue weighted by Crippen LogP contribution is -2.21. The maximum absolute atomic E-state index is 12.7. The summed E-state index contributed by atoms with van der Waals surface area (Å²) >= 11 is 0. The topological polar surface area (TPSA) is 74.0 Å². The monoisotopic (exact) mass is 587 g/mol. The van der Waals surface area contributed by atoms with Gasteiger partial charge >= 0.3 is 40.0 Å². The number of hydrogen-bond donors (Lipinski definition) is 0. The normalized spacial score (nSPS) is 23.0.